The number of hydrogen-bond donors (Lipinski definition) is 3. The molecule has 0 bridgehead atoms. The van der Waals surface area contributed by atoms with Gasteiger partial charge >= 0.3 is 5.97 Å². The molecule has 0 aliphatic carbocycles. The number of carboxylic acids is 1. The molecule has 0 aliphatic rings. The number of amides is 1. The second kappa shape index (κ2) is 9.30. The first-order valence-electron chi connectivity index (χ1n) is 5.78. The molecule has 0 aromatic carbocycles. The van der Waals surface area contributed by atoms with Gasteiger partial charge in [-0.15, -0.1) is 0 Å². The molecule has 0 aromatic heterocycles. The molecular weight excluding hydrogens is 240 g/mol. The molecule has 0 aliphatic heterocycles. The Hall–Kier alpha value is -0.750. The van der Waals surface area contributed by atoms with Crippen LogP contribution in [0.1, 0.15) is 27.2 Å². The minimum Gasteiger partial charge on any atom is -0.480 e. The van der Waals surface area contributed by atoms with E-state index in [9.17, 15) is 9.59 Å². The predicted molar refractivity (Wildman–Crippen MR) is 70.3 cm³/mol. The van der Waals surface area contributed by atoms with Crippen LogP contribution >= 0.6 is 11.8 Å². The highest BCUT2D eigenvalue weighted by molar-refractivity contribution is 7.99. The zero-order valence-electron chi connectivity index (χ0n) is 10.7. The average Bonchev–Trinajstić information content (AvgIpc) is 2.23. The molecule has 5 nitrogen and oxygen atoms in total. The highest BCUT2D eigenvalue weighted by Crippen LogP contribution is 2.03. The van der Waals surface area contributed by atoms with E-state index in [1.54, 1.807) is 0 Å². The van der Waals surface area contributed by atoms with Gasteiger partial charge in [0.15, 0.2) is 0 Å². The van der Waals surface area contributed by atoms with E-state index in [0.29, 0.717) is 0 Å². The number of thioether (sulfide) groups is 1. The number of carboxylic acid groups (broad SMARTS) is 1. The fourth-order valence-corrected chi connectivity index (χ4v) is 2.08. The minimum atomic E-state index is -1.01. The lowest BCUT2D eigenvalue weighted by Gasteiger charge is -2.18. The van der Waals surface area contributed by atoms with Crippen molar-refractivity contribution in [3.8, 4) is 0 Å². The maximum Gasteiger partial charge on any atom is 0.327 e. The Morgan fingerprint density at radius 2 is 2.06 bits per heavy atom. The summed E-state index contributed by atoms with van der Waals surface area (Å²) >= 11 is 1.86. The molecule has 0 aromatic rings. The lowest BCUT2D eigenvalue weighted by atomic mass is 10.2. The number of nitrogens with one attached hydrogen (secondary N) is 2. The van der Waals surface area contributed by atoms with Gasteiger partial charge in [0.25, 0.3) is 0 Å². The first-order chi connectivity index (χ1) is 7.97. The molecule has 0 heterocycles. The molecule has 6 heteroatoms. The summed E-state index contributed by atoms with van der Waals surface area (Å²) in [5.41, 5.74) is 0. The summed E-state index contributed by atoms with van der Waals surface area (Å²) in [5.74, 6) is 0.815. The van der Waals surface area contributed by atoms with Gasteiger partial charge in [-0.3, -0.25) is 4.79 Å². The molecular formula is C11H22N2O3S. The van der Waals surface area contributed by atoms with Crippen LogP contribution in [0, 0.1) is 0 Å². The molecule has 100 valence electrons. The smallest absolute Gasteiger partial charge is 0.327 e. The SMILES string of the molecule is CCSCCC(C)NCC(NC(C)=O)C(=O)O. The van der Waals surface area contributed by atoms with E-state index in [4.69, 9.17) is 5.11 Å². The van der Waals surface area contributed by atoms with Gasteiger partial charge in [0.1, 0.15) is 6.04 Å². The first-order valence-corrected chi connectivity index (χ1v) is 6.93. The van der Waals surface area contributed by atoms with Gasteiger partial charge in [-0.25, -0.2) is 4.79 Å². The minimum absolute atomic E-state index is 0.254. The summed E-state index contributed by atoms with van der Waals surface area (Å²) < 4.78 is 0. The van der Waals surface area contributed by atoms with Crippen LogP contribution in [0.5, 0.6) is 0 Å². The van der Waals surface area contributed by atoms with Gasteiger partial charge in [0.05, 0.1) is 0 Å². The Balaban J connectivity index is 3.87. The van der Waals surface area contributed by atoms with Crippen molar-refractivity contribution in [2.45, 2.75) is 39.3 Å². The molecule has 0 fully saturated rings. The summed E-state index contributed by atoms with van der Waals surface area (Å²) in [4.78, 5) is 21.7. The van der Waals surface area contributed by atoms with E-state index in [1.165, 1.54) is 6.92 Å². The molecule has 0 saturated carbocycles. The molecule has 0 rings (SSSR count). The van der Waals surface area contributed by atoms with Gasteiger partial charge in [-0.05, 0) is 24.9 Å². The summed E-state index contributed by atoms with van der Waals surface area (Å²) in [5, 5.41) is 14.4. The van der Waals surface area contributed by atoms with Crippen LogP contribution in [-0.2, 0) is 9.59 Å². The van der Waals surface area contributed by atoms with Gasteiger partial charge < -0.3 is 15.7 Å². The van der Waals surface area contributed by atoms with Crippen molar-refractivity contribution in [2.24, 2.45) is 0 Å². The molecule has 3 N–H and O–H groups in total. The van der Waals surface area contributed by atoms with Crippen molar-refractivity contribution >= 4 is 23.6 Å². The second-order valence-corrected chi connectivity index (χ2v) is 5.28. The highest BCUT2D eigenvalue weighted by Gasteiger charge is 2.18. The Bertz CT molecular complexity index is 249. The summed E-state index contributed by atoms with van der Waals surface area (Å²) in [6.45, 7) is 5.70. The number of carbonyl (C=O) groups is 2. The Labute approximate surface area is 107 Å². The standard InChI is InChI=1S/C11H22N2O3S/c1-4-17-6-5-8(2)12-7-10(11(15)16)13-9(3)14/h8,10,12H,4-7H2,1-3H3,(H,13,14)(H,15,16). The summed E-state index contributed by atoms with van der Waals surface area (Å²) in [7, 11) is 0. The van der Waals surface area contributed by atoms with E-state index in [1.807, 2.05) is 18.7 Å². The van der Waals surface area contributed by atoms with Crippen LogP contribution in [0.25, 0.3) is 0 Å². The normalized spacial score (nSPS) is 14.1. The van der Waals surface area contributed by atoms with Crippen molar-refractivity contribution in [1.29, 1.82) is 0 Å². The van der Waals surface area contributed by atoms with Gasteiger partial charge in [-0.2, -0.15) is 11.8 Å². The van der Waals surface area contributed by atoms with Crippen molar-refractivity contribution in [3.63, 3.8) is 0 Å². The molecule has 0 radical (unpaired) electrons. The summed E-state index contributed by atoms with van der Waals surface area (Å²) in [6.07, 6.45) is 0.991. The maximum atomic E-state index is 10.8. The third-order valence-corrected chi connectivity index (χ3v) is 3.18. The third-order valence-electron chi connectivity index (χ3n) is 2.25. The van der Waals surface area contributed by atoms with Crippen LogP contribution in [-0.4, -0.2) is 47.1 Å². The zero-order valence-corrected chi connectivity index (χ0v) is 11.5. The van der Waals surface area contributed by atoms with Crippen molar-refractivity contribution in [1.82, 2.24) is 10.6 Å². The fraction of sp³-hybridized carbons (Fsp3) is 0.818. The summed E-state index contributed by atoms with van der Waals surface area (Å²) in [6, 6.07) is -0.599. The van der Waals surface area contributed by atoms with E-state index < -0.39 is 12.0 Å². The lowest BCUT2D eigenvalue weighted by molar-refractivity contribution is -0.141. The van der Waals surface area contributed by atoms with Crippen LogP contribution < -0.4 is 10.6 Å². The largest absolute Gasteiger partial charge is 0.480 e. The second-order valence-electron chi connectivity index (χ2n) is 3.89. The number of rotatable bonds is 9. The predicted octanol–water partition coefficient (Wildman–Crippen LogP) is 0.697. The Morgan fingerprint density at radius 1 is 1.41 bits per heavy atom. The number of hydrogen-bond acceptors (Lipinski definition) is 4. The first kappa shape index (κ1) is 16.2. The van der Waals surface area contributed by atoms with Crippen molar-refractivity contribution in [2.75, 3.05) is 18.1 Å². The van der Waals surface area contributed by atoms with Gasteiger partial charge in [0.2, 0.25) is 5.91 Å². The number of aliphatic carboxylic acids is 1. The lowest BCUT2D eigenvalue weighted by Crippen LogP contribution is -2.48. The molecule has 0 saturated heterocycles. The average molecular weight is 262 g/mol. The van der Waals surface area contributed by atoms with Crippen LogP contribution in [0.4, 0.5) is 0 Å². The molecule has 2 unspecified atom stereocenters. The molecule has 0 spiro atoms. The monoisotopic (exact) mass is 262 g/mol. The van der Waals surface area contributed by atoms with Gasteiger partial charge in [-0.1, -0.05) is 6.92 Å². The van der Waals surface area contributed by atoms with E-state index in [-0.39, 0.29) is 18.5 Å². The molecule has 2 atom stereocenters. The quantitative estimate of drug-likeness (QED) is 0.533. The molecule has 1 amide bonds. The van der Waals surface area contributed by atoms with E-state index in [2.05, 4.69) is 17.6 Å². The van der Waals surface area contributed by atoms with E-state index in [0.717, 1.165) is 17.9 Å². The van der Waals surface area contributed by atoms with Crippen LogP contribution in [0.2, 0.25) is 0 Å². The van der Waals surface area contributed by atoms with Crippen LogP contribution in [0.15, 0.2) is 0 Å². The van der Waals surface area contributed by atoms with E-state index >= 15 is 0 Å². The fourth-order valence-electron chi connectivity index (χ4n) is 1.27. The molecule has 17 heavy (non-hydrogen) atoms. The maximum absolute atomic E-state index is 10.8. The highest BCUT2D eigenvalue weighted by atomic mass is 32.2. The third kappa shape index (κ3) is 9.00. The Morgan fingerprint density at radius 3 is 2.53 bits per heavy atom. The van der Waals surface area contributed by atoms with Crippen LogP contribution in [0.3, 0.4) is 0 Å². The van der Waals surface area contributed by atoms with Crippen molar-refractivity contribution < 1.29 is 14.7 Å². The topological polar surface area (TPSA) is 78.4 Å². The Kier molecular flexibility index (Phi) is 8.89. The zero-order chi connectivity index (χ0) is 13.3. The van der Waals surface area contributed by atoms with Gasteiger partial charge in [0, 0.05) is 19.5 Å². The van der Waals surface area contributed by atoms with Crippen molar-refractivity contribution in [3.05, 3.63) is 0 Å². The number of carbonyl (C=O) groups excluding carboxylic acids is 1.